The highest BCUT2D eigenvalue weighted by Crippen LogP contribution is 2.28. The topological polar surface area (TPSA) is 95.1 Å². The number of rotatable bonds is 8. The van der Waals surface area contributed by atoms with E-state index in [9.17, 15) is 14.9 Å². The van der Waals surface area contributed by atoms with Gasteiger partial charge >= 0.3 is 0 Å². The number of nitro benzene ring substituents is 1. The third kappa shape index (κ3) is 5.57. The highest BCUT2D eigenvalue weighted by molar-refractivity contribution is 6.30. The fraction of sp³-hybridized carbons (Fsp3) is 0.278. The number of carbonyl (C=O) groups excluding carboxylic acids is 1. The number of anilines is 1. The minimum atomic E-state index is -0.564. The molecule has 0 aliphatic heterocycles. The van der Waals surface area contributed by atoms with Gasteiger partial charge in [-0.3, -0.25) is 14.9 Å². The molecule has 0 aliphatic rings. The molecule has 8 nitrogen and oxygen atoms in total. The number of nitrogens with one attached hydrogen (secondary N) is 2. The van der Waals surface area contributed by atoms with Crippen molar-refractivity contribution in [3.05, 3.63) is 57.1 Å². The molecule has 2 N–H and O–H groups in total. The molecule has 1 amide bonds. The Morgan fingerprint density at radius 3 is 2.59 bits per heavy atom. The van der Waals surface area contributed by atoms with Crippen molar-refractivity contribution in [3.8, 4) is 11.5 Å². The Bertz CT molecular complexity index is 844. The summed E-state index contributed by atoms with van der Waals surface area (Å²) in [6.07, 6.45) is 0. The number of methoxy groups -OCH3 is 2. The van der Waals surface area contributed by atoms with Crippen molar-refractivity contribution in [2.75, 3.05) is 33.1 Å². The van der Waals surface area contributed by atoms with Crippen LogP contribution in [0.15, 0.2) is 36.4 Å². The third-order valence-electron chi connectivity index (χ3n) is 3.87. The Morgan fingerprint density at radius 1 is 1.22 bits per heavy atom. The number of ether oxygens (including phenoxy) is 2. The molecule has 0 saturated heterocycles. The standard InChI is InChI=1S/C18H20ClN3O5/c1-21(10-12-8-13(19)4-7-17(12)27-3)11-18(23)20-15-6-5-14(26-2)9-16(15)22(24)25/h4-9H,10-11H2,1-3H3,(H,20,23)/p+1. The van der Waals surface area contributed by atoms with Crippen molar-refractivity contribution in [3.63, 3.8) is 0 Å². The molecule has 27 heavy (non-hydrogen) atoms. The molecule has 2 aromatic carbocycles. The molecule has 0 bridgehead atoms. The Kier molecular flexibility index (Phi) is 6.98. The van der Waals surface area contributed by atoms with E-state index < -0.39 is 4.92 Å². The number of nitro groups is 1. The number of carbonyl (C=O) groups is 1. The van der Waals surface area contributed by atoms with Gasteiger partial charge in [-0.2, -0.15) is 0 Å². The van der Waals surface area contributed by atoms with Crippen molar-refractivity contribution < 1.29 is 24.1 Å². The minimum Gasteiger partial charge on any atom is -0.496 e. The molecule has 144 valence electrons. The molecule has 2 aromatic rings. The minimum absolute atomic E-state index is 0.110. The number of quaternary nitrogens is 1. The smallest absolute Gasteiger partial charge is 0.296 e. The van der Waals surface area contributed by atoms with Crippen LogP contribution in [0, 0.1) is 10.1 Å². The molecule has 9 heteroatoms. The largest absolute Gasteiger partial charge is 0.496 e. The number of amides is 1. The summed E-state index contributed by atoms with van der Waals surface area (Å²) in [5, 5.41) is 14.4. The number of nitrogens with zero attached hydrogens (tertiary/aromatic N) is 1. The molecule has 1 unspecified atom stereocenters. The number of halogens is 1. The van der Waals surface area contributed by atoms with E-state index in [0.717, 1.165) is 10.5 Å². The number of hydrogen-bond donors (Lipinski definition) is 2. The summed E-state index contributed by atoms with van der Waals surface area (Å²) in [6.45, 7) is 0.612. The predicted octanol–water partition coefficient (Wildman–Crippen LogP) is 1.92. The first kappa shape index (κ1) is 20.5. The van der Waals surface area contributed by atoms with Crippen molar-refractivity contribution in [2.24, 2.45) is 0 Å². The molecule has 0 aliphatic carbocycles. The zero-order chi connectivity index (χ0) is 20.0. The normalized spacial score (nSPS) is 11.6. The van der Waals surface area contributed by atoms with Gasteiger partial charge in [0.2, 0.25) is 0 Å². The van der Waals surface area contributed by atoms with Crippen LogP contribution < -0.4 is 19.7 Å². The first-order valence-electron chi connectivity index (χ1n) is 8.10. The van der Waals surface area contributed by atoms with Crippen LogP contribution in [0.3, 0.4) is 0 Å². The van der Waals surface area contributed by atoms with Crippen molar-refractivity contribution in [1.82, 2.24) is 0 Å². The maximum atomic E-state index is 12.3. The lowest BCUT2D eigenvalue weighted by Gasteiger charge is -2.16. The van der Waals surface area contributed by atoms with E-state index in [-0.39, 0.29) is 23.8 Å². The summed E-state index contributed by atoms with van der Waals surface area (Å²) >= 11 is 6.02. The number of hydrogen-bond acceptors (Lipinski definition) is 5. The first-order valence-corrected chi connectivity index (χ1v) is 8.47. The van der Waals surface area contributed by atoms with Gasteiger partial charge in [0.15, 0.2) is 6.54 Å². The summed E-state index contributed by atoms with van der Waals surface area (Å²) in [6, 6.07) is 9.56. The van der Waals surface area contributed by atoms with E-state index in [1.807, 2.05) is 7.05 Å². The van der Waals surface area contributed by atoms with Gasteiger partial charge < -0.3 is 19.7 Å². The van der Waals surface area contributed by atoms with Gasteiger partial charge in [0.05, 0.1) is 32.3 Å². The number of benzene rings is 2. The van der Waals surface area contributed by atoms with Gasteiger partial charge in [0, 0.05) is 10.6 Å². The lowest BCUT2D eigenvalue weighted by atomic mass is 10.2. The highest BCUT2D eigenvalue weighted by Gasteiger charge is 2.19. The zero-order valence-electron chi connectivity index (χ0n) is 15.2. The molecular weight excluding hydrogens is 374 g/mol. The van der Waals surface area contributed by atoms with Crippen molar-refractivity contribution in [2.45, 2.75) is 6.54 Å². The van der Waals surface area contributed by atoms with Gasteiger partial charge in [-0.1, -0.05) is 11.6 Å². The fourth-order valence-corrected chi connectivity index (χ4v) is 2.83. The summed E-state index contributed by atoms with van der Waals surface area (Å²) in [7, 11) is 4.82. The Labute approximate surface area is 161 Å². The van der Waals surface area contributed by atoms with E-state index >= 15 is 0 Å². The maximum absolute atomic E-state index is 12.3. The van der Waals surface area contributed by atoms with Gasteiger partial charge in [-0.15, -0.1) is 0 Å². The molecule has 0 heterocycles. The average Bonchev–Trinajstić information content (AvgIpc) is 2.61. The monoisotopic (exact) mass is 394 g/mol. The lowest BCUT2D eigenvalue weighted by Crippen LogP contribution is -3.08. The molecular formula is C18H21ClN3O5+. The summed E-state index contributed by atoms with van der Waals surface area (Å²) < 4.78 is 10.3. The molecule has 0 aromatic heterocycles. The van der Waals surface area contributed by atoms with Crippen LogP contribution in [-0.2, 0) is 11.3 Å². The first-order chi connectivity index (χ1) is 12.8. The van der Waals surface area contributed by atoms with Gasteiger partial charge in [0.1, 0.15) is 23.7 Å². The predicted molar refractivity (Wildman–Crippen MR) is 102 cm³/mol. The second kappa shape index (κ2) is 9.20. The molecule has 0 fully saturated rings. The summed E-state index contributed by atoms with van der Waals surface area (Å²) in [4.78, 5) is 23.8. The van der Waals surface area contributed by atoms with Crippen LogP contribution in [0.1, 0.15) is 5.56 Å². The molecule has 0 radical (unpaired) electrons. The van der Waals surface area contributed by atoms with Crippen LogP contribution in [0.4, 0.5) is 11.4 Å². The van der Waals surface area contributed by atoms with Crippen LogP contribution in [0.2, 0.25) is 5.02 Å². The van der Waals surface area contributed by atoms with Crippen molar-refractivity contribution in [1.29, 1.82) is 0 Å². The van der Waals surface area contributed by atoms with E-state index in [4.69, 9.17) is 21.1 Å². The quantitative estimate of drug-likeness (QED) is 0.527. The highest BCUT2D eigenvalue weighted by atomic mass is 35.5. The molecule has 0 saturated carbocycles. The molecule has 2 rings (SSSR count). The van der Waals surface area contributed by atoms with E-state index in [2.05, 4.69) is 5.32 Å². The van der Waals surface area contributed by atoms with Crippen molar-refractivity contribution >= 4 is 28.9 Å². The molecule has 0 spiro atoms. The molecule has 1 atom stereocenters. The average molecular weight is 395 g/mol. The second-order valence-electron chi connectivity index (χ2n) is 5.96. The Hall–Kier alpha value is -2.84. The summed E-state index contributed by atoms with van der Waals surface area (Å²) in [5.41, 5.74) is 0.765. The second-order valence-corrected chi connectivity index (χ2v) is 6.39. The van der Waals surface area contributed by atoms with E-state index in [0.29, 0.717) is 23.1 Å². The van der Waals surface area contributed by atoms with Crippen LogP contribution in [0.25, 0.3) is 0 Å². The lowest BCUT2D eigenvalue weighted by molar-refractivity contribution is -0.885. The fourth-order valence-electron chi connectivity index (χ4n) is 2.64. The van der Waals surface area contributed by atoms with E-state index in [1.165, 1.54) is 19.2 Å². The maximum Gasteiger partial charge on any atom is 0.296 e. The van der Waals surface area contributed by atoms with Crippen LogP contribution >= 0.6 is 11.6 Å². The van der Waals surface area contributed by atoms with Gasteiger partial charge in [0.25, 0.3) is 11.6 Å². The van der Waals surface area contributed by atoms with Crippen LogP contribution in [-0.4, -0.2) is 38.6 Å². The SMILES string of the molecule is COc1ccc(NC(=O)C[NH+](C)Cc2cc(Cl)ccc2OC)c([N+](=O)[O-])c1. The Balaban J connectivity index is 2.06. The third-order valence-corrected chi connectivity index (χ3v) is 4.11. The van der Waals surface area contributed by atoms with Crippen LogP contribution in [0.5, 0.6) is 11.5 Å². The van der Waals surface area contributed by atoms with Gasteiger partial charge in [-0.25, -0.2) is 0 Å². The van der Waals surface area contributed by atoms with E-state index in [1.54, 1.807) is 31.4 Å². The zero-order valence-corrected chi connectivity index (χ0v) is 16.0. The number of likely N-dealkylation sites (N-methyl/N-ethyl adjacent to an activating group) is 1. The summed E-state index contributed by atoms with van der Waals surface area (Å²) in [5.74, 6) is 0.683. The van der Waals surface area contributed by atoms with Gasteiger partial charge in [-0.05, 0) is 30.3 Å². The Morgan fingerprint density at radius 2 is 1.96 bits per heavy atom.